The second kappa shape index (κ2) is 2.80. The monoisotopic (exact) mass is 109 g/mol. The molecule has 0 unspecified atom stereocenters. The molecule has 0 radical (unpaired) electrons. The summed E-state index contributed by atoms with van der Waals surface area (Å²) in [5.41, 5.74) is 0. The number of nitrogens with two attached hydrogens (primary N) is 1. The molecule has 0 aromatic heterocycles. The molecular formula is CH3NO3S. The zero-order valence-electron chi connectivity index (χ0n) is 2.75. The third-order valence-electron chi connectivity index (χ3n) is 0.119. The first kappa shape index (κ1) is 5.58. The molecule has 4 nitrogen and oxygen atoms in total. The summed E-state index contributed by atoms with van der Waals surface area (Å²) in [6.45, 7) is 0. The molecule has 0 bridgehead atoms. The zero-order valence-corrected chi connectivity index (χ0v) is 3.57. The SMILES string of the molecule is NSOC(=O)O. The van der Waals surface area contributed by atoms with Gasteiger partial charge in [0, 0.05) is 0 Å². The van der Waals surface area contributed by atoms with E-state index in [-0.39, 0.29) is 0 Å². The zero-order chi connectivity index (χ0) is 4.99. The standard InChI is InChI=1S/CH3NO3S/c2-6-5-1(3)4/h2H2,(H,3,4). The molecule has 6 heavy (non-hydrogen) atoms. The quantitative estimate of drug-likeness (QED) is 0.371. The molecule has 0 heterocycles. The van der Waals surface area contributed by atoms with Crippen molar-refractivity contribution in [3.8, 4) is 0 Å². The maximum Gasteiger partial charge on any atom is 0.519 e. The Morgan fingerprint density at radius 2 is 2.50 bits per heavy atom. The minimum Gasteiger partial charge on any atom is -0.449 e. The van der Waals surface area contributed by atoms with Gasteiger partial charge in [-0.3, -0.25) is 0 Å². The number of hydrogen-bond donors (Lipinski definition) is 2. The van der Waals surface area contributed by atoms with Crippen molar-refractivity contribution < 1.29 is 14.1 Å². The van der Waals surface area contributed by atoms with Crippen LogP contribution in [0.15, 0.2) is 0 Å². The van der Waals surface area contributed by atoms with Crippen molar-refractivity contribution in [3.63, 3.8) is 0 Å². The van der Waals surface area contributed by atoms with E-state index in [0.717, 1.165) is 0 Å². The Balaban J connectivity index is 2.83. The van der Waals surface area contributed by atoms with Gasteiger partial charge in [0.25, 0.3) is 0 Å². The lowest BCUT2D eigenvalue weighted by Gasteiger charge is -1.83. The highest BCUT2D eigenvalue weighted by molar-refractivity contribution is 7.92. The number of hydrogen-bond acceptors (Lipinski definition) is 4. The predicted molar refractivity (Wildman–Crippen MR) is 20.9 cm³/mol. The Kier molecular flexibility index (Phi) is 2.60. The van der Waals surface area contributed by atoms with Gasteiger partial charge in [0.05, 0.1) is 0 Å². The van der Waals surface area contributed by atoms with E-state index in [0.29, 0.717) is 12.2 Å². The smallest absolute Gasteiger partial charge is 0.449 e. The van der Waals surface area contributed by atoms with Crippen molar-refractivity contribution in [1.29, 1.82) is 0 Å². The number of carbonyl (C=O) groups is 1. The van der Waals surface area contributed by atoms with E-state index in [1.165, 1.54) is 0 Å². The van der Waals surface area contributed by atoms with Crippen LogP contribution in [0.25, 0.3) is 0 Å². The second-order valence-corrected chi connectivity index (χ2v) is 0.805. The molecule has 3 N–H and O–H groups in total. The van der Waals surface area contributed by atoms with Crippen LogP contribution in [-0.2, 0) is 4.18 Å². The van der Waals surface area contributed by atoms with Crippen molar-refractivity contribution in [3.05, 3.63) is 0 Å². The van der Waals surface area contributed by atoms with E-state index in [1.807, 2.05) is 0 Å². The lowest BCUT2D eigenvalue weighted by Crippen LogP contribution is -1.93. The highest BCUT2D eigenvalue weighted by Gasteiger charge is 1.89. The van der Waals surface area contributed by atoms with Gasteiger partial charge in [0.15, 0.2) is 0 Å². The van der Waals surface area contributed by atoms with E-state index in [1.54, 1.807) is 0 Å². The lowest BCUT2D eigenvalue weighted by atomic mass is 11.5. The van der Waals surface area contributed by atoms with Crippen LogP contribution in [0.5, 0.6) is 0 Å². The molecule has 0 saturated carbocycles. The minimum absolute atomic E-state index is 0.310. The molecule has 0 saturated heterocycles. The molecular weight excluding hydrogens is 106 g/mol. The van der Waals surface area contributed by atoms with Gasteiger partial charge in [-0.15, -0.1) is 0 Å². The predicted octanol–water partition coefficient (Wildman–Crippen LogP) is 0.203. The summed E-state index contributed by atoms with van der Waals surface area (Å²) in [7, 11) is 0. The first-order valence-corrected chi connectivity index (χ1v) is 1.84. The number of rotatable bonds is 1. The molecule has 5 heteroatoms. The molecule has 0 spiro atoms. The summed E-state index contributed by atoms with van der Waals surface area (Å²) in [6.07, 6.45) is -1.37. The largest absolute Gasteiger partial charge is 0.519 e. The number of carboxylic acid groups (broad SMARTS) is 1. The highest BCUT2D eigenvalue weighted by atomic mass is 32.2. The van der Waals surface area contributed by atoms with Crippen LogP contribution in [0, 0.1) is 0 Å². The van der Waals surface area contributed by atoms with Gasteiger partial charge in [-0.05, 0) is 0 Å². The maximum absolute atomic E-state index is 9.28. The van der Waals surface area contributed by atoms with E-state index in [9.17, 15) is 4.79 Å². The van der Waals surface area contributed by atoms with Gasteiger partial charge in [-0.25, -0.2) is 9.93 Å². The van der Waals surface area contributed by atoms with Crippen LogP contribution in [0.4, 0.5) is 4.79 Å². The van der Waals surface area contributed by atoms with Crippen molar-refractivity contribution in [2.24, 2.45) is 5.14 Å². The van der Waals surface area contributed by atoms with Gasteiger partial charge < -0.3 is 9.29 Å². The molecule has 0 aromatic carbocycles. The maximum atomic E-state index is 9.28. The van der Waals surface area contributed by atoms with E-state index in [4.69, 9.17) is 5.11 Å². The van der Waals surface area contributed by atoms with Crippen LogP contribution in [0.2, 0.25) is 0 Å². The molecule has 0 atom stereocenters. The molecule has 0 aliphatic rings. The van der Waals surface area contributed by atoms with Gasteiger partial charge >= 0.3 is 6.16 Å². The Hall–Kier alpha value is -0.420. The molecule has 0 aliphatic heterocycles. The molecule has 0 fully saturated rings. The Labute approximate surface area is 38.6 Å². The van der Waals surface area contributed by atoms with Gasteiger partial charge in [-0.1, -0.05) is 0 Å². The summed E-state index contributed by atoms with van der Waals surface area (Å²) in [6, 6.07) is 0. The second-order valence-electron chi connectivity index (χ2n) is 0.445. The van der Waals surface area contributed by atoms with Gasteiger partial charge in [-0.2, -0.15) is 0 Å². The minimum atomic E-state index is -1.37. The normalized spacial score (nSPS) is 7.50. The average molecular weight is 109 g/mol. The van der Waals surface area contributed by atoms with Crippen molar-refractivity contribution in [2.75, 3.05) is 0 Å². The summed E-state index contributed by atoms with van der Waals surface area (Å²) in [5, 5.41) is 12.1. The van der Waals surface area contributed by atoms with Crippen LogP contribution in [0.1, 0.15) is 0 Å². The van der Waals surface area contributed by atoms with E-state index in [2.05, 4.69) is 9.32 Å². The lowest BCUT2D eigenvalue weighted by molar-refractivity contribution is 0.153. The summed E-state index contributed by atoms with van der Waals surface area (Å²) in [4.78, 5) is 9.28. The molecule has 36 valence electrons. The highest BCUT2D eigenvalue weighted by Crippen LogP contribution is 1.86. The van der Waals surface area contributed by atoms with Crippen LogP contribution in [-0.4, -0.2) is 11.3 Å². The average Bonchev–Trinajstić information content (AvgIpc) is 1.35. The molecule has 0 rings (SSSR count). The first-order chi connectivity index (χ1) is 2.77. The van der Waals surface area contributed by atoms with Crippen LogP contribution >= 0.6 is 12.2 Å². The van der Waals surface area contributed by atoms with Crippen LogP contribution < -0.4 is 5.14 Å². The van der Waals surface area contributed by atoms with Crippen molar-refractivity contribution in [1.82, 2.24) is 0 Å². The molecule has 0 amide bonds. The van der Waals surface area contributed by atoms with Gasteiger partial charge in [0.2, 0.25) is 0 Å². The summed E-state index contributed by atoms with van der Waals surface area (Å²) >= 11 is 0.310. The summed E-state index contributed by atoms with van der Waals surface area (Å²) < 4.78 is 3.65. The third kappa shape index (κ3) is 3.58. The molecule has 0 aromatic rings. The first-order valence-electron chi connectivity index (χ1n) is 1.03. The topological polar surface area (TPSA) is 72.5 Å². The summed E-state index contributed by atoms with van der Waals surface area (Å²) in [5.74, 6) is 0. The van der Waals surface area contributed by atoms with Gasteiger partial charge in [0.1, 0.15) is 12.2 Å². The van der Waals surface area contributed by atoms with E-state index >= 15 is 0 Å². The third-order valence-corrected chi connectivity index (χ3v) is 0.358. The Morgan fingerprint density at radius 3 is 2.50 bits per heavy atom. The van der Waals surface area contributed by atoms with Crippen LogP contribution in [0.3, 0.4) is 0 Å². The fraction of sp³-hybridized carbons (Fsp3) is 0. The van der Waals surface area contributed by atoms with E-state index < -0.39 is 6.16 Å². The van der Waals surface area contributed by atoms with Crippen molar-refractivity contribution >= 4 is 18.4 Å². The fourth-order valence-corrected chi connectivity index (χ4v) is 0.123. The Bertz CT molecular complexity index is 54.8. The molecule has 0 aliphatic carbocycles. The Morgan fingerprint density at radius 1 is 2.00 bits per heavy atom. The van der Waals surface area contributed by atoms with Crippen molar-refractivity contribution in [2.45, 2.75) is 0 Å². The fourth-order valence-electron chi connectivity index (χ4n) is 0.0412.